The van der Waals surface area contributed by atoms with Crippen LogP contribution in [-0.2, 0) is 11.2 Å². The van der Waals surface area contributed by atoms with Crippen LogP contribution in [0.1, 0.15) is 51.1 Å². The van der Waals surface area contributed by atoms with Gasteiger partial charge in [-0.2, -0.15) is 0 Å². The fraction of sp³-hybridized carbons (Fsp3) is 0.391. The third-order valence-electron chi connectivity index (χ3n) is 5.48. The molecule has 0 aliphatic carbocycles. The number of rotatable bonds is 4. The Kier molecular flexibility index (Phi) is 5.44. The van der Waals surface area contributed by atoms with Gasteiger partial charge in [0.15, 0.2) is 0 Å². The summed E-state index contributed by atoms with van der Waals surface area (Å²) in [5.41, 5.74) is 4.37. The molecule has 5 heteroatoms. The van der Waals surface area contributed by atoms with Crippen molar-refractivity contribution in [1.29, 1.82) is 0 Å². The number of hydrogen-bond donors (Lipinski definition) is 1. The summed E-state index contributed by atoms with van der Waals surface area (Å²) in [7, 11) is 0. The zero-order valence-electron chi connectivity index (χ0n) is 16.2. The average molecular weight is 378 g/mol. The zero-order chi connectivity index (χ0) is 19.5. The average Bonchev–Trinajstić information content (AvgIpc) is 3.24. The molecule has 1 atom stereocenters. The zero-order valence-corrected chi connectivity index (χ0v) is 16.2. The molecule has 5 nitrogen and oxygen atoms in total. The Morgan fingerprint density at radius 2 is 2.04 bits per heavy atom. The van der Waals surface area contributed by atoms with Gasteiger partial charge < -0.3 is 15.0 Å². The van der Waals surface area contributed by atoms with E-state index in [2.05, 4.69) is 5.32 Å². The maximum absolute atomic E-state index is 13.0. The van der Waals surface area contributed by atoms with Crippen molar-refractivity contribution >= 4 is 17.5 Å². The molecule has 2 amide bonds. The molecule has 1 N–H and O–H groups in total. The van der Waals surface area contributed by atoms with Crippen molar-refractivity contribution in [2.24, 2.45) is 0 Å². The Bertz CT molecular complexity index is 887. The van der Waals surface area contributed by atoms with Crippen molar-refractivity contribution in [1.82, 2.24) is 5.32 Å². The molecular formula is C23H26N2O3. The number of anilines is 1. The van der Waals surface area contributed by atoms with E-state index in [4.69, 9.17) is 4.74 Å². The van der Waals surface area contributed by atoms with Gasteiger partial charge in [0.05, 0.1) is 6.10 Å². The highest BCUT2D eigenvalue weighted by Gasteiger charge is 2.25. The van der Waals surface area contributed by atoms with Gasteiger partial charge in [0.1, 0.15) is 0 Å². The lowest BCUT2D eigenvalue weighted by Crippen LogP contribution is -2.36. The fourth-order valence-corrected chi connectivity index (χ4v) is 4.00. The number of amides is 2. The van der Waals surface area contributed by atoms with E-state index < -0.39 is 0 Å². The number of aryl methyl sites for hydroxylation is 2. The summed E-state index contributed by atoms with van der Waals surface area (Å²) in [4.78, 5) is 27.4. The number of nitrogens with zero attached hydrogens (tertiary/aromatic N) is 1. The van der Waals surface area contributed by atoms with Crippen LogP contribution in [-0.4, -0.2) is 37.6 Å². The highest BCUT2D eigenvalue weighted by molar-refractivity contribution is 6.07. The minimum absolute atomic E-state index is 0.0141. The van der Waals surface area contributed by atoms with Crippen LogP contribution >= 0.6 is 0 Å². The van der Waals surface area contributed by atoms with Crippen LogP contribution in [0.5, 0.6) is 0 Å². The molecule has 1 fully saturated rings. The minimum atomic E-state index is -0.0829. The van der Waals surface area contributed by atoms with Crippen LogP contribution in [0.4, 0.5) is 5.69 Å². The van der Waals surface area contributed by atoms with Crippen LogP contribution < -0.4 is 10.2 Å². The third kappa shape index (κ3) is 3.94. The molecule has 28 heavy (non-hydrogen) atoms. The van der Waals surface area contributed by atoms with Gasteiger partial charge in [-0.3, -0.25) is 9.59 Å². The minimum Gasteiger partial charge on any atom is -0.376 e. The second-order valence-electron chi connectivity index (χ2n) is 7.62. The van der Waals surface area contributed by atoms with Crippen molar-refractivity contribution < 1.29 is 14.3 Å². The van der Waals surface area contributed by atoms with Crippen LogP contribution in [0.3, 0.4) is 0 Å². The Morgan fingerprint density at radius 3 is 2.82 bits per heavy atom. The second-order valence-corrected chi connectivity index (χ2v) is 7.62. The lowest BCUT2D eigenvalue weighted by molar-refractivity contribution is 0.0857. The predicted molar refractivity (Wildman–Crippen MR) is 109 cm³/mol. The lowest BCUT2D eigenvalue weighted by Gasteiger charge is -2.30. The molecule has 2 aliphatic rings. The molecule has 2 aromatic carbocycles. The number of carbonyl (C=O) groups is 2. The Hall–Kier alpha value is -2.66. The molecule has 0 radical (unpaired) electrons. The van der Waals surface area contributed by atoms with Crippen molar-refractivity contribution in [3.8, 4) is 0 Å². The standard InChI is InChI=1S/C23H26N2O3/c1-16-5-2-6-19(13-16)23(27)25-11-3-7-17-14-18(9-10-21(17)25)22(26)24-15-20-8-4-12-28-20/h2,5-6,9-10,13-14,20H,3-4,7-8,11-12,15H2,1H3,(H,24,26)/t20-/m0/s1. The molecule has 0 saturated carbocycles. The summed E-state index contributed by atoms with van der Waals surface area (Å²) in [5.74, 6) is -0.0688. The molecule has 0 bridgehead atoms. The van der Waals surface area contributed by atoms with E-state index in [1.807, 2.05) is 54.3 Å². The normalized spacial score (nSPS) is 18.6. The van der Waals surface area contributed by atoms with Gasteiger partial charge in [-0.05, 0) is 68.5 Å². The summed E-state index contributed by atoms with van der Waals surface area (Å²) in [6.07, 6.45) is 3.96. The quantitative estimate of drug-likeness (QED) is 0.886. The first kappa shape index (κ1) is 18.7. The summed E-state index contributed by atoms with van der Waals surface area (Å²) in [5, 5.41) is 2.97. The topological polar surface area (TPSA) is 58.6 Å². The maximum atomic E-state index is 13.0. The summed E-state index contributed by atoms with van der Waals surface area (Å²) in [6.45, 7) is 4.02. The van der Waals surface area contributed by atoms with Crippen molar-refractivity contribution in [3.63, 3.8) is 0 Å². The molecule has 4 rings (SSSR count). The monoisotopic (exact) mass is 378 g/mol. The van der Waals surface area contributed by atoms with E-state index in [0.717, 1.165) is 49.1 Å². The second kappa shape index (κ2) is 8.15. The number of carbonyl (C=O) groups excluding carboxylic acids is 2. The largest absolute Gasteiger partial charge is 0.376 e. The van der Waals surface area contributed by atoms with Crippen LogP contribution in [0.15, 0.2) is 42.5 Å². The summed E-state index contributed by atoms with van der Waals surface area (Å²) in [6, 6.07) is 13.3. The van der Waals surface area contributed by atoms with E-state index in [-0.39, 0.29) is 17.9 Å². The number of benzene rings is 2. The van der Waals surface area contributed by atoms with Gasteiger partial charge in [-0.1, -0.05) is 17.7 Å². The van der Waals surface area contributed by atoms with Gasteiger partial charge in [0, 0.05) is 36.5 Å². The Balaban J connectivity index is 1.50. The fourth-order valence-electron chi connectivity index (χ4n) is 4.00. The summed E-state index contributed by atoms with van der Waals surface area (Å²) >= 11 is 0. The van der Waals surface area contributed by atoms with Crippen molar-refractivity contribution in [2.45, 2.75) is 38.7 Å². The van der Waals surface area contributed by atoms with Crippen LogP contribution in [0, 0.1) is 6.92 Å². The number of nitrogens with one attached hydrogen (secondary N) is 1. The Morgan fingerprint density at radius 1 is 1.14 bits per heavy atom. The SMILES string of the molecule is Cc1cccc(C(=O)N2CCCc3cc(C(=O)NC[C@@H]4CCCO4)ccc32)c1. The molecular weight excluding hydrogens is 352 g/mol. The molecule has 2 heterocycles. The molecule has 146 valence electrons. The molecule has 2 aliphatic heterocycles. The molecule has 1 saturated heterocycles. The molecule has 0 unspecified atom stereocenters. The van der Waals surface area contributed by atoms with Gasteiger partial charge in [0.2, 0.25) is 0 Å². The lowest BCUT2D eigenvalue weighted by atomic mass is 9.98. The highest BCUT2D eigenvalue weighted by Crippen LogP contribution is 2.29. The van der Waals surface area contributed by atoms with Crippen molar-refractivity contribution in [2.75, 3.05) is 24.6 Å². The first-order chi connectivity index (χ1) is 13.6. The van der Waals surface area contributed by atoms with E-state index >= 15 is 0 Å². The van der Waals surface area contributed by atoms with Gasteiger partial charge in [0.25, 0.3) is 11.8 Å². The predicted octanol–water partition coefficient (Wildman–Crippen LogP) is 3.50. The highest BCUT2D eigenvalue weighted by atomic mass is 16.5. The van der Waals surface area contributed by atoms with E-state index in [1.54, 1.807) is 0 Å². The van der Waals surface area contributed by atoms with Gasteiger partial charge in [-0.15, -0.1) is 0 Å². The van der Waals surface area contributed by atoms with Crippen molar-refractivity contribution in [3.05, 3.63) is 64.7 Å². The van der Waals surface area contributed by atoms with E-state index in [0.29, 0.717) is 24.2 Å². The molecule has 2 aromatic rings. The van der Waals surface area contributed by atoms with E-state index in [9.17, 15) is 9.59 Å². The van der Waals surface area contributed by atoms with Gasteiger partial charge in [-0.25, -0.2) is 0 Å². The van der Waals surface area contributed by atoms with E-state index in [1.165, 1.54) is 0 Å². The number of ether oxygens (including phenoxy) is 1. The first-order valence-electron chi connectivity index (χ1n) is 10.0. The smallest absolute Gasteiger partial charge is 0.258 e. The first-order valence-corrected chi connectivity index (χ1v) is 10.0. The number of fused-ring (bicyclic) bond motifs is 1. The molecule has 0 spiro atoms. The Labute approximate surface area is 165 Å². The summed E-state index contributed by atoms with van der Waals surface area (Å²) < 4.78 is 5.56. The molecule has 0 aromatic heterocycles. The number of hydrogen-bond acceptors (Lipinski definition) is 3. The van der Waals surface area contributed by atoms with Crippen LogP contribution in [0.25, 0.3) is 0 Å². The third-order valence-corrected chi connectivity index (χ3v) is 5.48. The van der Waals surface area contributed by atoms with Gasteiger partial charge >= 0.3 is 0 Å². The van der Waals surface area contributed by atoms with Crippen LogP contribution in [0.2, 0.25) is 0 Å². The maximum Gasteiger partial charge on any atom is 0.258 e.